The van der Waals surface area contributed by atoms with E-state index < -0.39 is 41.9 Å². The maximum Gasteiger partial charge on any atom is 0.261 e. The zero-order valence-corrected chi connectivity index (χ0v) is 26.8. The molecule has 0 atom stereocenters. The van der Waals surface area contributed by atoms with Gasteiger partial charge >= 0.3 is 0 Å². The number of nitrogens with zero attached hydrogens (tertiary/aromatic N) is 2. The molecule has 0 radical (unpaired) electrons. The smallest absolute Gasteiger partial charge is 0.261 e. The van der Waals surface area contributed by atoms with Gasteiger partial charge in [0.15, 0.2) is 23.0 Å². The van der Waals surface area contributed by atoms with Crippen LogP contribution in [0.5, 0.6) is 23.0 Å². The summed E-state index contributed by atoms with van der Waals surface area (Å²) in [6.07, 6.45) is 5.11. The molecule has 0 bridgehead atoms. The first-order chi connectivity index (χ1) is 21.2. The number of sulfone groups is 2. The van der Waals surface area contributed by atoms with Crippen LogP contribution in [-0.2, 0) is 45.6 Å². The second kappa shape index (κ2) is 13.6. The average Bonchev–Trinajstić information content (AvgIpc) is 3.30. The van der Waals surface area contributed by atoms with E-state index in [4.69, 9.17) is 0 Å². The molecule has 0 spiro atoms. The molecule has 2 heterocycles. The lowest BCUT2D eigenvalue weighted by Gasteiger charge is -2.04. The number of hydrogen-bond donors (Lipinski definition) is 4. The average molecular weight is 677 g/mol. The van der Waals surface area contributed by atoms with Crippen molar-refractivity contribution in [2.45, 2.75) is 25.9 Å². The third kappa shape index (κ3) is 9.04. The topological polar surface area (TPSA) is 227 Å². The van der Waals surface area contributed by atoms with E-state index in [0.29, 0.717) is 11.1 Å². The fourth-order valence-electron chi connectivity index (χ4n) is 4.41. The Labute approximate surface area is 262 Å². The summed E-state index contributed by atoms with van der Waals surface area (Å²) in [5.74, 6) is -1.18. The summed E-state index contributed by atoms with van der Waals surface area (Å²) in [5.41, 5.74) is -1.13. The van der Waals surface area contributed by atoms with Gasteiger partial charge in [-0.05, 0) is 60.4 Å². The molecule has 0 unspecified atom stereocenters. The van der Waals surface area contributed by atoms with Crippen LogP contribution in [0.2, 0.25) is 0 Å². The fraction of sp³-hybridized carbons (Fsp3) is 0.267. The number of phenols is 4. The highest BCUT2D eigenvalue weighted by atomic mass is 32.2. The minimum atomic E-state index is -2.67. The minimum absolute atomic E-state index is 0.00865. The summed E-state index contributed by atoms with van der Waals surface area (Å²) >= 11 is 0. The lowest BCUT2D eigenvalue weighted by Crippen LogP contribution is -2.27. The first-order valence-corrected chi connectivity index (χ1v) is 18.0. The zero-order valence-electron chi connectivity index (χ0n) is 25.2. The molecule has 0 fully saturated rings. The van der Waals surface area contributed by atoms with E-state index in [9.17, 15) is 56.4 Å². The lowest BCUT2D eigenvalue weighted by molar-refractivity contribution is 0.403. The molecule has 16 heteroatoms. The van der Waals surface area contributed by atoms with Gasteiger partial charge in [0.2, 0.25) is 0 Å². The number of fused-ring (bicyclic) bond motifs is 2. The summed E-state index contributed by atoms with van der Waals surface area (Å²) in [5, 5.41) is 38.3. The van der Waals surface area contributed by atoms with Crippen LogP contribution in [0, 0.1) is 0 Å². The van der Waals surface area contributed by atoms with E-state index in [1.54, 1.807) is 12.1 Å². The molecule has 0 aliphatic carbocycles. The Bertz CT molecular complexity index is 2110. The molecule has 5 aromatic rings. The minimum Gasteiger partial charge on any atom is -0.504 e. The van der Waals surface area contributed by atoms with Gasteiger partial charge in [0, 0.05) is 38.1 Å². The van der Waals surface area contributed by atoms with Gasteiger partial charge in [0.05, 0.1) is 21.5 Å². The molecule has 0 aliphatic heterocycles. The van der Waals surface area contributed by atoms with Crippen LogP contribution in [0.25, 0.3) is 21.5 Å². The molecule has 46 heavy (non-hydrogen) atoms. The van der Waals surface area contributed by atoms with Crippen LogP contribution >= 0.6 is 0 Å². The molecule has 3 aromatic carbocycles. The van der Waals surface area contributed by atoms with Gasteiger partial charge in [-0.2, -0.15) is 0 Å². The van der Waals surface area contributed by atoms with Gasteiger partial charge < -0.3 is 20.4 Å². The summed E-state index contributed by atoms with van der Waals surface area (Å²) < 4.78 is 40.6. The Balaban J connectivity index is 0.000000503. The van der Waals surface area contributed by atoms with Crippen LogP contribution in [0.1, 0.15) is 11.1 Å². The van der Waals surface area contributed by atoms with Crippen molar-refractivity contribution in [2.24, 2.45) is 0 Å². The quantitative estimate of drug-likeness (QED) is 0.181. The highest BCUT2D eigenvalue weighted by molar-refractivity contribution is 7.90. The van der Waals surface area contributed by atoms with Crippen molar-refractivity contribution in [1.82, 2.24) is 9.13 Å². The van der Waals surface area contributed by atoms with E-state index in [2.05, 4.69) is 0 Å². The van der Waals surface area contributed by atoms with Crippen molar-refractivity contribution in [3.8, 4) is 23.0 Å². The zero-order chi connectivity index (χ0) is 34.7. The van der Waals surface area contributed by atoms with Crippen LogP contribution in [0.3, 0.4) is 0 Å². The number of aromatic hydroxyl groups is 4. The normalized spacial score (nSPS) is 11.6. The SMILES string of the molecule is CS(C)(=O)=O.CS(C)(=O)=O.O=c1c2cc3c(=O)n(CCc4ccc(O)c(O)c4)c(=O)c3cc2c(=O)n1CCc1ccc(O)c(O)c1. The molecule has 14 nitrogen and oxygen atoms in total. The second-order valence-corrected chi connectivity index (χ2v) is 15.5. The van der Waals surface area contributed by atoms with E-state index >= 15 is 0 Å². The van der Waals surface area contributed by atoms with Crippen LogP contribution in [-0.4, -0.2) is 71.4 Å². The Morgan fingerprint density at radius 2 is 0.739 bits per heavy atom. The third-order valence-corrected chi connectivity index (χ3v) is 6.39. The van der Waals surface area contributed by atoms with E-state index in [-0.39, 0.29) is 70.5 Å². The fourth-order valence-corrected chi connectivity index (χ4v) is 4.41. The Morgan fingerprint density at radius 3 is 0.978 bits per heavy atom. The summed E-state index contributed by atoms with van der Waals surface area (Å²) in [6, 6.07) is 11.0. The molecule has 5 rings (SSSR count). The number of benzene rings is 3. The third-order valence-electron chi connectivity index (χ3n) is 6.39. The highest BCUT2D eigenvalue weighted by Crippen LogP contribution is 2.26. The Morgan fingerprint density at radius 1 is 0.478 bits per heavy atom. The van der Waals surface area contributed by atoms with Crippen molar-refractivity contribution in [1.29, 1.82) is 0 Å². The first-order valence-electron chi connectivity index (χ1n) is 13.4. The predicted molar refractivity (Wildman–Crippen MR) is 173 cm³/mol. The molecular weight excluding hydrogens is 644 g/mol. The molecule has 0 saturated heterocycles. The van der Waals surface area contributed by atoms with Crippen molar-refractivity contribution in [3.05, 3.63) is 101 Å². The van der Waals surface area contributed by atoms with Gasteiger partial charge in [-0.25, -0.2) is 16.8 Å². The predicted octanol–water partition coefficient (Wildman–Crippen LogP) is 0.542. The van der Waals surface area contributed by atoms with Crippen LogP contribution in [0.4, 0.5) is 0 Å². The summed E-state index contributed by atoms with van der Waals surface area (Å²) in [4.78, 5) is 51.8. The Hall–Kier alpha value is -4.96. The van der Waals surface area contributed by atoms with Gasteiger partial charge in [0.1, 0.15) is 19.7 Å². The van der Waals surface area contributed by atoms with Gasteiger partial charge in [-0.3, -0.25) is 28.3 Å². The van der Waals surface area contributed by atoms with Gasteiger partial charge in [0.25, 0.3) is 22.2 Å². The number of aryl methyl sites for hydroxylation is 2. The van der Waals surface area contributed by atoms with Crippen molar-refractivity contribution >= 4 is 41.2 Å². The monoisotopic (exact) mass is 676 g/mol. The maximum atomic E-state index is 13.0. The standard InChI is InChI=1S/C26H20N2O8.2C2H6O2S/c29-19-3-1-13(9-21(19)31)5-7-27-23(33)15-11-17-18(12-16(15)24(27)34)26(36)28(25(17)35)8-6-14-2-4-20(30)22(32)10-14;2*1-5(2,3)4/h1-4,9-12,29-32H,5-8H2;2*1-2H3. The second-order valence-electron chi connectivity index (χ2n) is 10.9. The molecule has 4 N–H and O–H groups in total. The number of phenolic OH excluding ortho intramolecular Hbond substituents is 4. The molecule has 0 amide bonds. The molecule has 2 aromatic heterocycles. The molecule has 0 aliphatic rings. The van der Waals surface area contributed by atoms with Crippen LogP contribution < -0.4 is 22.2 Å². The largest absolute Gasteiger partial charge is 0.504 e. The summed E-state index contributed by atoms with van der Waals surface area (Å²) in [6.45, 7) is 0.0173. The number of rotatable bonds is 6. The van der Waals surface area contributed by atoms with Gasteiger partial charge in [-0.15, -0.1) is 0 Å². The van der Waals surface area contributed by atoms with Crippen molar-refractivity contribution < 1.29 is 37.3 Å². The molecular formula is C30H32N2O12S2. The van der Waals surface area contributed by atoms with Crippen molar-refractivity contribution in [3.63, 3.8) is 0 Å². The first kappa shape index (κ1) is 35.5. The van der Waals surface area contributed by atoms with Crippen LogP contribution in [0.15, 0.2) is 67.7 Å². The van der Waals surface area contributed by atoms with E-state index in [1.807, 2.05) is 0 Å². The highest BCUT2D eigenvalue weighted by Gasteiger charge is 2.19. The van der Waals surface area contributed by atoms with Gasteiger partial charge in [-0.1, -0.05) is 12.1 Å². The number of hydrogen-bond acceptors (Lipinski definition) is 12. The Kier molecular flexibility index (Phi) is 10.5. The molecule has 246 valence electrons. The van der Waals surface area contributed by atoms with E-state index in [0.717, 1.165) is 34.2 Å². The summed E-state index contributed by atoms with van der Waals surface area (Å²) in [7, 11) is -5.33. The molecule has 0 saturated carbocycles. The van der Waals surface area contributed by atoms with Crippen molar-refractivity contribution in [2.75, 3.05) is 25.0 Å². The lowest BCUT2D eigenvalue weighted by atomic mass is 10.1. The van der Waals surface area contributed by atoms with E-state index in [1.165, 1.54) is 36.4 Å². The number of aromatic nitrogens is 2. The maximum absolute atomic E-state index is 13.0.